The summed E-state index contributed by atoms with van der Waals surface area (Å²) in [5.74, 6) is 1.17. The number of aryl methyl sites for hydroxylation is 3. The van der Waals surface area contributed by atoms with Crippen molar-refractivity contribution in [2.24, 2.45) is 5.92 Å². The van der Waals surface area contributed by atoms with E-state index in [1.54, 1.807) is 28.2 Å². The van der Waals surface area contributed by atoms with Gasteiger partial charge >= 0.3 is 0 Å². The van der Waals surface area contributed by atoms with E-state index in [2.05, 4.69) is 34.3 Å². The van der Waals surface area contributed by atoms with Gasteiger partial charge in [-0.1, -0.05) is 13.8 Å². The highest BCUT2D eigenvalue weighted by Gasteiger charge is 2.29. The molecule has 36 heavy (non-hydrogen) atoms. The zero-order chi connectivity index (χ0) is 26.6. The Hall–Kier alpha value is -3.24. The van der Waals surface area contributed by atoms with Gasteiger partial charge in [0.2, 0.25) is 17.7 Å². The van der Waals surface area contributed by atoms with Crippen molar-refractivity contribution >= 4 is 17.7 Å². The lowest BCUT2D eigenvalue weighted by Crippen LogP contribution is -2.48. The molecule has 0 saturated carbocycles. The predicted octanol–water partition coefficient (Wildman–Crippen LogP) is 1.77. The van der Waals surface area contributed by atoms with Gasteiger partial charge in [0.15, 0.2) is 0 Å². The van der Waals surface area contributed by atoms with Crippen LogP contribution in [0.1, 0.15) is 69.1 Å². The fraction of sp³-hybridized carbons (Fsp3) is 0.680. The van der Waals surface area contributed by atoms with Crippen LogP contribution < -0.4 is 5.32 Å². The zero-order valence-electron chi connectivity index (χ0n) is 22.6. The van der Waals surface area contributed by atoms with Crippen molar-refractivity contribution in [2.75, 3.05) is 20.1 Å². The number of nitrogens with zero attached hydrogens (tertiary/aromatic N) is 7. The molecule has 1 N–H and O–H groups in total. The summed E-state index contributed by atoms with van der Waals surface area (Å²) in [6, 6.07) is 0.960. The van der Waals surface area contributed by atoms with E-state index < -0.39 is 6.04 Å². The topological polar surface area (TPSA) is 118 Å². The first-order valence-corrected chi connectivity index (χ1v) is 12.7. The molecule has 0 radical (unpaired) electrons. The van der Waals surface area contributed by atoms with Crippen molar-refractivity contribution in [1.82, 2.24) is 39.7 Å². The molecule has 3 rings (SSSR count). The molecule has 11 nitrogen and oxygen atoms in total. The van der Waals surface area contributed by atoms with E-state index in [0.717, 1.165) is 11.4 Å². The van der Waals surface area contributed by atoms with Crippen LogP contribution in [0.2, 0.25) is 0 Å². The molecule has 3 heterocycles. The van der Waals surface area contributed by atoms with Crippen LogP contribution in [-0.2, 0) is 27.5 Å². The lowest BCUT2D eigenvalue weighted by molar-refractivity contribution is -0.139. The molecule has 198 valence electrons. The monoisotopic (exact) mass is 500 g/mol. The third-order valence-corrected chi connectivity index (χ3v) is 6.64. The molecule has 0 saturated heterocycles. The van der Waals surface area contributed by atoms with Gasteiger partial charge in [0.05, 0.1) is 18.3 Å². The number of hydrogen-bond donors (Lipinski definition) is 1. The van der Waals surface area contributed by atoms with Gasteiger partial charge < -0.3 is 15.1 Å². The van der Waals surface area contributed by atoms with E-state index in [9.17, 15) is 14.4 Å². The highest BCUT2D eigenvalue weighted by molar-refractivity contribution is 5.87. The molecule has 2 aromatic rings. The van der Waals surface area contributed by atoms with Crippen LogP contribution in [0.4, 0.5) is 0 Å². The van der Waals surface area contributed by atoms with Crippen molar-refractivity contribution in [2.45, 2.75) is 86.0 Å². The van der Waals surface area contributed by atoms with Crippen LogP contribution in [-0.4, -0.2) is 78.2 Å². The Balaban J connectivity index is 1.91. The van der Waals surface area contributed by atoms with Gasteiger partial charge in [0, 0.05) is 32.3 Å². The van der Waals surface area contributed by atoms with Crippen molar-refractivity contribution in [3.8, 4) is 0 Å². The number of amides is 3. The molecule has 3 amide bonds. The maximum absolute atomic E-state index is 13.3. The minimum atomic E-state index is -0.628. The largest absolute Gasteiger partial charge is 0.344 e. The molecular formula is C25H40N8O3. The van der Waals surface area contributed by atoms with E-state index in [-0.39, 0.29) is 36.7 Å². The molecule has 2 aromatic heterocycles. The number of carbonyl (C=O) groups excluding carboxylic acids is 3. The first-order chi connectivity index (χ1) is 17.0. The highest BCUT2D eigenvalue weighted by Crippen LogP contribution is 2.21. The van der Waals surface area contributed by atoms with Gasteiger partial charge in [-0.3, -0.25) is 19.1 Å². The molecule has 11 heteroatoms. The lowest BCUT2D eigenvalue weighted by atomic mass is 10.0. The summed E-state index contributed by atoms with van der Waals surface area (Å²) in [4.78, 5) is 47.1. The second-order valence-corrected chi connectivity index (χ2v) is 10.2. The zero-order valence-corrected chi connectivity index (χ0v) is 22.6. The number of likely N-dealkylation sites (N-methyl/N-ethyl adjacent to an activating group) is 1. The maximum Gasteiger partial charge on any atom is 0.244 e. The van der Waals surface area contributed by atoms with E-state index in [1.807, 2.05) is 26.8 Å². The summed E-state index contributed by atoms with van der Waals surface area (Å²) in [6.07, 6.45) is 1.43. The van der Waals surface area contributed by atoms with Crippen molar-refractivity contribution < 1.29 is 14.4 Å². The molecule has 0 unspecified atom stereocenters. The van der Waals surface area contributed by atoms with E-state index in [4.69, 9.17) is 0 Å². The van der Waals surface area contributed by atoms with Gasteiger partial charge in [-0.2, -0.15) is 10.2 Å². The van der Waals surface area contributed by atoms with E-state index in [0.29, 0.717) is 50.0 Å². The molecule has 0 aromatic carbocycles. The average molecular weight is 501 g/mol. The highest BCUT2D eigenvalue weighted by atomic mass is 16.2. The standard InChI is InChI=1S/C25H40N8O3/c1-16(2)13-21-24-26-20(6)29-32(24)12-11-31(23(35)15-33-18(4)14-17(3)28-33)10-8-9-22(34)30(7)19(5)25(36)27-21/h14,16,19,21H,8-13,15H2,1-7H3,(H,27,36)/t19-,21+/m0/s1. The Morgan fingerprint density at radius 3 is 2.50 bits per heavy atom. The van der Waals surface area contributed by atoms with Crippen LogP contribution in [0.15, 0.2) is 6.07 Å². The summed E-state index contributed by atoms with van der Waals surface area (Å²) in [5, 5.41) is 12.1. The fourth-order valence-corrected chi connectivity index (χ4v) is 4.52. The predicted molar refractivity (Wildman–Crippen MR) is 135 cm³/mol. The van der Waals surface area contributed by atoms with Crippen molar-refractivity contribution in [3.05, 3.63) is 29.1 Å². The summed E-state index contributed by atoms with van der Waals surface area (Å²) in [6.45, 7) is 13.0. The lowest BCUT2D eigenvalue weighted by Gasteiger charge is -2.29. The van der Waals surface area contributed by atoms with Crippen LogP contribution >= 0.6 is 0 Å². The van der Waals surface area contributed by atoms with Gasteiger partial charge in [0.1, 0.15) is 24.2 Å². The van der Waals surface area contributed by atoms with Gasteiger partial charge in [-0.05, 0) is 52.5 Å². The minimum absolute atomic E-state index is 0.0621. The summed E-state index contributed by atoms with van der Waals surface area (Å²) in [7, 11) is 1.65. The van der Waals surface area contributed by atoms with Crippen molar-refractivity contribution in [3.63, 3.8) is 0 Å². The number of aromatic nitrogens is 5. The Bertz CT molecular complexity index is 1090. The minimum Gasteiger partial charge on any atom is -0.344 e. The third-order valence-electron chi connectivity index (χ3n) is 6.64. The average Bonchev–Trinajstić information content (AvgIpc) is 3.33. The molecule has 1 aliphatic rings. The number of carbonyl (C=O) groups is 3. The molecular weight excluding hydrogens is 460 g/mol. The van der Waals surface area contributed by atoms with Crippen molar-refractivity contribution in [1.29, 1.82) is 0 Å². The number of nitrogens with one attached hydrogen (secondary N) is 1. The number of rotatable bonds is 4. The van der Waals surface area contributed by atoms with E-state index >= 15 is 0 Å². The van der Waals surface area contributed by atoms with Crippen LogP contribution in [0.5, 0.6) is 0 Å². The Kier molecular flexibility index (Phi) is 8.86. The second kappa shape index (κ2) is 11.7. The Morgan fingerprint density at radius 2 is 1.86 bits per heavy atom. The first kappa shape index (κ1) is 27.3. The van der Waals surface area contributed by atoms with E-state index in [1.165, 1.54) is 4.90 Å². The smallest absolute Gasteiger partial charge is 0.244 e. The summed E-state index contributed by atoms with van der Waals surface area (Å²) >= 11 is 0. The molecule has 0 spiro atoms. The van der Waals surface area contributed by atoms with Gasteiger partial charge in [0.25, 0.3) is 0 Å². The van der Waals surface area contributed by atoms with Crippen LogP contribution in [0.3, 0.4) is 0 Å². The molecule has 0 aliphatic carbocycles. The first-order valence-electron chi connectivity index (χ1n) is 12.7. The summed E-state index contributed by atoms with van der Waals surface area (Å²) in [5.41, 5.74) is 1.79. The SMILES string of the molecule is Cc1cc(C)n(CC(=O)N2CCCC(=O)N(C)[C@@H](C)C(=O)N[C@H](CC(C)C)c3nc(C)nn3CC2)n1. The van der Waals surface area contributed by atoms with Crippen LogP contribution in [0.25, 0.3) is 0 Å². The second-order valence-electron chi connectivity index (χ2n) is 10.2. The normalized spacial score (nSPS) is 20.3. The maximum atomic E-state index is 13.3. The Labute approximate surface area is 213 Å². The fourth-order valence-electron chi connectivity index (χ4n) is 4.52. The number of hydrogen-bond acceptors (Lipinski definition) is 6. The number of fused-ring (bicyclic) bond motifs is 1. The molecule has 0 bridgehead atoms. The molecule has 0 fully saturated rings. The molecule has 2 atom stereocenters. The quantitative estimate of drug-likeness (QED) is 0.684. The molecule has 1 aliphatic heterocycles. The summed E-state index contributed by atoms with van der Waals surface area (Å²) < 4.78 is 3.51. The van der Waals surface area contributed by atoms with Gasteiger partial charge in [-0.15, -0.1) is 0 Å². The third kappa shape index (κ3) is 6.70. The Morgan fingerprint density at radius 1 is 1.14 bits per heavy atom. The van der Waals surface area contributed by atoms with Gasteiger partial charge in [-0.25, -0.2) is 9.67 Å². The van der Waals surface area contributed by atoms with Crippen LogP contribution in [0, 0.1) is 26.7 Å².